The molecular weight excluding hydrogens is 440 g/mol. The van der Waals surface area contributed by atoms with Crippen molar-refractivity contribution >= 4 is 11.2 Å². The molecule has 192 valence electrons. The standard InChI is InChI=1S/C29H42N2O4/c1-16(6-9-25-31-27-23(35-25)5-4-12-30-27)19-7-8-20-26-21(15-24(34)29(19,20)3)28(2)11-10-18(32)13-17(28)14-22(26)33/h4-5,12,16-22,24,26,32-34H,6-11,13-15H2,1-3H3/t16?,17-,18+,19+,20-,21-,22+,24-,26-,28-,29+/m0/s1. The zero-order valence-corrected chi connectivity index (χ0v) is 21.4. The first-order valence-corrected chi connectivity index (χ1v) is 14.0. The highest BCUT2D eigenvalue weighted by molar-refractivity contribution is 5.66. The molecule has 2 aromatic rings. The van der Waals surface area contributed by atoms with Crippen LogP contribution in [0.2, 0.25) is 0 Å². The molecule has 0 amide bonds. The number of aromatic nitrogens is 2. The van der Waals surface area contributed by atoms with Crippen LogP contribution in [0.15, 0.2) is 22.7 Å². The minimum Gasteiger partial charge on any atom is -0.439 e. The van der Waals surface area contributed by atoms with Crippen molar-refractivity contribution in [2.75, 3.05) is 0 Å². The van der Waals surface area contributed by atoms with Crippen LogP contribution in [-0.2, 0) is 6.42 Å². The summed E-state index contributed by atoms with van der Waals surface area (Å²) >= 11 is 0. The molecule has 3 N–H and O–H groups in total. The Morgan fingerprint density at radius 3 is 2.71 bits per heavy atom. The van der Waals surface area contributed by atoms with E-state index in [0.717, 1.165) is 69.3 Å². The zero-order valence-electron chi connectivity index (χ0n) is 21.4. The lowest BCUT2D eigenvalue weighted by molar-refractivity contribution is -0.207. The third-order valence-electron chi connectivity index (χ3n) is 11.5. The van der Waals surface area contributed by atoms with Crippen LogP contribution in [0.5, 0.6) is 0 Å². The molecule has 4 aliphatic rings. The highest BCUT2D eigenvalue weighted by Crippen LogP contribution is 2.68. The first kappa shape index (κ1) is 23.9. The minimum atomic E-state index is -0.341. The molecule has 4 saturated carbocycles. The van der Waals surface area contributed by atoms with Crippen molar-refractivity contribution in [2.24, 2.45) is 46.3 Å². The second kappa shape index (κ2) is 8.53. The topological polar surface area (TPSA) is 99.6 Å². The molecule has 4 fully saturated rings. The normalized spacial score (nSPS) is 46.1. The van der Waals surface area contributed by atoms with E-state index in [9.17, 15) is 15.3 Å². The molecule has 0 aliphatic heterocycles. The molecule has 11 atom stereocenters. The van der Waals surface area contributed by atoms with Crippen LogP contribution in [-0.4, -0.2) is 43.6 Å². The Labute approximate surface area is 208 Å². The van der Waals surface area contributed by atoms with Crippen molar-refractivity contribution in [1.82, 2.24) is 9.97 Å². The second-order valence-electron chi connectivity index (χ2n) is 13.0. The third-order valence-corrected chi connectivity index (χ3v) is 11.5. The smallest absolute Gasteiger partial charge is 0.198 e. The Morgan fingerprint density at radius 2 is 1.91 bits per heavy atom. The Morgan fingerprint density at radius 1 is 1.09 bits per heavy atom. The fourth-order valence-corrected chi connectivity index (χ4v) is 9.60. The van der Waals surface area contributed by atoms with Crippen molar-refractivity contribution in [2.45, 2.75) is 96.9 Å². The monoisotopic (exact) mass is 482 g/mol. The SMILES string of the molecule is CC(CCc1nc2ncccc2o1)[C@H]1CC[C@H]2[C@@H]3[C@H](O)C[C@@H]4C[C@H](O)CC[C@]4(C)[C@H]3C[C@H](O)[C@]12C. The van der Waals surface area contributed by atoms with Gasteiger partial charge in [0.15, 0.2) is 17.1 Å². The van der Waals surface area contributed by atoms with Gasteiger partial charge in [0.25, 0.3) is 0 Å². The van der Waals surface area contributed by atoms with Gasteiger partial charge in [-0.2, -0.15) is 4.98 Å². The van der Waals surface area contributed by atoms with Gasteiger partial charge in [0.2, 0.25) is 0 Å². The Balaban J connectivity index is 1.21. The third kappa shape index (κ3) is 3.61. The number of pyridine rings is 1. The van der Waals surface area contributed by atoms with Gasteiger partial charge in [0.1, 0.15) is 0 Å². The maximum Gasteiger partial charge on any atom is 0.198 e. The van der Waals surface area contributed by atoms with Gasteiger partial charge in [-0.15, -0.1) is 0 Å². The Bertz CT molecular complexity index is 1040. The molecular formula is C29H42N2O4. The zero-order chi connectivity index (χ0) is 24.5. The lowest BCUT2D eigenvalue weighted by atomic mass is 9.43. The summed E-state index contributed by atoms with van der Waals surface area (Å²) in [5, 5.41) is 33.5. The number of nitrogens with zero attached hydrogens (tertiary/aromatic N) is 2. The quantitative estimate of drug-likeness (QED) is 0.581. The minimum absolute atomic E-state index is 0.121. The first-order chi connectivity index (χ1) is 16.7. The number of aryl methyl sites for hydroxylation is 1. The van der Waals surface area contributed by atoms with Crippen LogP contribution < -0.4 is 0 Å². The van der Waals surface area contributed by atoms with Gasteiger partial charge in [0.05, 0.1) is 18.3 Å². The molecule has 0 aromatic carbocycles. The number of aliphatic hydroxyl groups is 3. The Hall–Kier alpha value is -1.50. The van der Waals surface area contributed by atoms with Gasteiger partial charge in [-0.05, 0) is 110 Å². The van der Waals surface area contributed by atoms with Gasteiger partial charge in [-0.25, -0.2) is 4.98 Å². The number of oxazole rings is 1. The van der Waals surface area contributed by atoms with E-state index in [0.29, 0.717) is 35.2 Å². The predicted octanol–water partition coefficient (Wildman–Crippen LogP) is 4.75. The van der Waals surface area contributed by atoms with Gasteiger partial charge in [0, 0.05) is 12.6 Å². The number of hydrogen-bond acceptors (Lipinski definition) is 6. The molecule has 2 heterocycles. The van der Waals surface area contributed by atoms with E-state index < -0.39 is 0 Å². The summed E-state index contributed by atoms with van der Waals surface area (Å²) in [6.07, 6.45) is 9.09. The maximum absolute atomic E-state index is 11.8. The van der Waals surface area contributed by atoms with Crippen molar-refractivity contribution in [3.05, 3.63) is 24.2 Å². The van der Waals surface area contributed by atoms with Crippen molar-refractivity contribution in [3.63, 3.8) is 0 Å². The number of aliphatic hydroxyl groups excluding tert-OH is 3. The van der Waals surface area contributed by atoms with E-state index in [-0.39, 0.29) is 35.1 Å². The average Bonchev–Trinajstić information content (AvgIpc) is 3.41. The van der Waals surface area contributed by atoms with Crippen LogP contribution in [0, 0.1) is 46.3 Å². The van der Waals surface area contributed by atoms with Crippen LogP contribution in [0.25, 0.3) is 11.2 Å². The lowest BCUT2D eigenvalue weighted by Crippen LogP contribution is -2.62. The molecule has 6 rings (SSSR count). The summed E-state index contributed by atoms with van der Waals surface area (Å²) in [6.45, 7) is 7.05. The van der Waals surface area contributed by atoms with Crippen LogP contribution in [0.3, 0.4) is 0 Å². The molecule has 2 aromatic heterocycles. The van der Waals surface area contributed by atoms with E-state index in [2.05, 4.69) is 30.7 Å². The Kier molecular flexibility index (Phi) is 5.82. The van der Waals surface area contributed by atoms with Crippen LogP contribution in [0.4, 0.5) is 0 Å². The van der Waals surface area contributed by atoms with E-state index in [1.165, 1.54) is 0 Å². The van der Waals surface area contributed by atoms with Gasteiger partial charge < -0.3 is 19.7 Å². The van der Waals surface area contributed by atoms with Crippen molar-refractivity contribution in [1.29, 1.82) is 0 Å². The van der Waals surface area contributed by atoms with Crippen LogP contribution in [0.1, 0.15) is 78.0 Å². The maximum atomic E-state index is 11.8. The largest absolute Gasteiger partial charge is 0.439 e. The fourth-order valence-electron chi connectivity index (χ4n) is 9.60. The summed E-state index contributed by atoms with van der Waals surface area (Å²) in [7, 11) is 0. The van der Waals surface area contributed by atoms with Gasteiger partial charge >= 0.3 is 0 Å². The summed E-state index contributed by atoms with van der Waals surface area (Å²) in [6, 6.07) is 3.78. The second-order valence-corrected chi connectivity index (χ2v) is 13.0. The molecule has 4 aliphatic carbocycles. The summed E-state index contributed by atoms with van der Waals surface area (Å²) in [4.78, 5) is 8.85. The van der Waals surface area contributed by atoms with E-state index >= 15 is 0 Å². The number of fused-ring (bicyclic) bond motifs is 6. The highest BCUT2D eigenvalue weighted by Gasteiger charge is 2.65. The molecule has 0 radical (unpaired) electrons. The van der Waals surface area contributed by atoms with Crippen molar-refractivity contribution in [3.8, 4) is 0 Å². The first-order valence-electron chi connectivity index (χ1n) is 14.0. The van der Waals surface area contributed by atoms with E-state index in [1.807, 2.05) is 12.1 Å². The average molecular weight is 483 g/mol. The van der Waals surface area contributed by atoms with Gasteiger partial charge in [-0.1, -0.05) is 20.8 Å². The van der Waals surface area contributed by atoms with Gasteiger partial charge in [-0.3, -0.25) is 0 Å². The summed E-state index contributed by atoms with van der Waals surface area (Å²) < 4.78 is 5.91. The summed E-state index contributed by atoms with van der Waals surface area (Å²) in [5.41, 5.74) is 1.37. The molecule has 0 spiro atoms. The number of hydrogen-bond donors (Lipinski definition) is 3. The lowest BCUT2D eigenvalue weighted by Gasteiger charge is -2.63. The number of rotatable bonds is 4. The van der Waals surface area contributed by atoms with E-state index in [4.69, 9.17) is 4.42 Å². The summed E-state index contributed by atoms with van der Waals surface area (Å²) in [5.74, 6) is 2.94. The highest BCUT2D eigenvalue weighted by atomic mass is 16.3. The molecule has 35 heavy (non-hydrogen) atoms. The van der Waals surface area contributed by atoms with E-state index in [1.54, 1.807) is 6.20 Å². The molecule has 0 saturated heterocycles. The molecule has 0 bridgehead atoms. The van der Waals surface area contributed by atoms with Crippen molar-refractivity contribution < 1.29 is 19.7 Å². The fraction of sp³-hybridized carbons (Fsp3) is 0.793. The molecule has 6 heteroatoms. The molecule has 1 unspecified atom stereocenters. The predicted molar refractivity (Wildman–Crippen MR) is 133 cm³/mol. The van der Waals surface area contributed by atoms with Crippen LogP contribution >= 0.6 is 0 Å². The molecule has 6 nitrogen and oxygen atoms in total.